The van der Waals surface area contributed by atoms with Crippen molar-refractivity contribution in [3.05, 3.63) is 33.9 Å². The van der Waals surface area contributed by atoms with E-state index in [0.29, 0.717) is 6.07 Å². The molecule has 0 aromatic heterocycles. The summed E-state index contributed by atoms with van der Waals surface area (Å²) in [6.07, 6.45) is 0.480. The van der Waals surface area contributed by atoms with Gasteiger partial charge >= 0.3 is 6.18 Å². The monoisotopic (exact) mass is 272 g/mol. The largest absolute Gasteiger partial charge is 0.418 e. The van der Waals surface area contributed by atoms with Crippen LogP contribution < -0.4 is 5.32 Å². The number of hydrogen-bond donors (Lipinski definition) is 1. The summed E-state index contributed by atoms with van der Waals surface area (Å²) in [4.78, 5) is 9.63. The molecule has 0 spiro atoms. The van der Waals surface area contributed by atoms with Crippen molar-refractivity contribution in [2.75, 3.05) is 5.32 Å². The topological polar surface area (TPSA) is 55.2 Å². The Morgan fingerprint density at radius 2 is 1.95 bits per heavy atom. The van der Waals surface area contributed by atoms with Crippen molar-refractivity contribution < 1.29 is 18.1 Å². The van der Waals surface area contributed by atoms with Crippen molar-refractivity contribution in [3.8, 4) is 12.3 Å². The Hall–Kier alpha value is -2.23. The van der Waals surface area contributed by atoms with Crippen LogP contribution in [0.25, 0.3) is 0 Å². The minimum absolute atomic E-state index is 0.291. The fourth-order valence-electron chi connectivity index (χ4n) is 1.36. The van der Waals surface area contributed by atoms with E-state index in [-0.39, 0.29) is 5.69 Å². The number of rotatable bonds is 3. The van der Waals surface area contributed by atoms with Crippen molar-refractivity contribution in [1.29, 1.82) is 0 Å². The molecular formula is C12H11F3N2O2. The Kier molecular flexibility index (Phi) is 3.75. The summed E-state index contributed by atoms with van der Waals surface area (Å²) in [6, 6.07) is 2.47. The van der Waals surface area contributed by atoms with Gasteiger partial charge < -0.3 is 5.32 Å². The van der Waals surface area contributed by atoms with Crippen LogP contribution in [0, 0.1) is 22.5 Å². The van der Waals surface area contributed by atoms with Gasteiger partial charge in [0.15, 0.2) is 0 Å². The van der Waals surface area contributed by atoms with E-state index in [9.17, 15) is 23.3 Å². The molecule has 1 aromatic rings. The summed E-state index contributed by atoms with van der Waals surface area (Å²) in [5.74, 6) is 2.29. The summed E-state index contributed by atoms with van der Waals surface area (Å²) in [6.45, 7) is 3.04. The van der Waals surface area contributed by atoms with E-state index in [4.69, 9.17) is 6.42 Å². The van der Waals surface area contributed by atoms with Crippen LogP contribution >= 0.6 is 0 Å². The lowest BCUT2D eigenvalue weighted by Gasteiger charge is -2.23. The van der Waals surface area contributed by atoms with Gasteiger partial charge in [-0.05, 0) is 19.9 Å². The fourth-order valence-corrected chi connectivity index (χ4v) is 1.36. The Bertz CT molecular complexity index is 545. The van der Waals surface area contributed by atoms with Crippen LogP contribution in [0.4, 0.5) is 24.5 Å². The van der Waals surface area contributed by atoms with Crippen LogP contribution in [0.3, 0.4) is 0 Å². The third-order valence-electron chi connectivity index (χ3n) is 2.33. The van der Waals surface area contributed by atoms with Crippen LogP contribution in [0.5, 0.6) is 0 Å². The van der Waals surface area contributed by atoms with Crippen LogP contribution in [0.15, 0.2) is 18.2 Å². The SMILES string of the molecule is C#CC(C)(C)Nc1ccc([N+](=O)[O-])cc1C(F)(F)F. The lowest BCUT2D eigenvalue weighted by atomic mass is 10.0. The minimum atomic E-state index is -4.71. The second kappa shape index (κ2) is 4.80. The molecule has 0 radical (unpaired) electrons. The molecule has 0 unspecified atom stereocenters. The van der Waals surface area contributed by atoms with Gasteiger partial charge in [-0.2, -0.15) is 13.2 Å². The first-order valence-corrected chi connectivity index (χ1v) is 5.18. The second-order valence-corrected chi connectivity index (χ2v) is 4.38. The number of benzene rings is 1. The van der Waals surface area contributed by atoms with Gasteiger partial charge in [0.25, 0.3) is 5.69 Å². The number of terminal acetylenes is 1. The van der Waals surface area contributed by atoms with E-state index in [0.717, 1.165) is 12.1 Å². The first kappa shape index (κ1) is 14.8. The molecule has 0 amide bonds. The van der Waals surface area contributed by atoms with E-state index < -0.39 is 27.9 Å². The average molecular weight is 272 g/mol. The zero-order valence-electron chi connectivity index (χ0n) is 10.2. The highest BCUT2D eigenvalue weighted by Gasteiger charge is 2.36. The molecule has 0 aliphatic carbocycles. The summed E-state index contributed by atoms with van der Waals surface area (Å²) in [7, 11) is 0. The van der Waals surface area contributed by atoms with E-state index in [1.165, 1.54) is 13.8 Å². The molecular weight excluding hydrogens is 261 g/mol. The maximum Gasteiger partial charge on any atom is 0.418 e. The first-order valence-electron chi connectivity index (χ1n) is 5.18. The van der Waals surface area contributed by atoms with Crippen LogP contribution in [-0.4, -0.2) is 10.5 Å². The maximum atomic E-state index is 12.9. The quantitative estimate of drug-likeness (QED) is 0.521. The van der Waals surface area contributed by atoms with E-state index in [1.807, 2.05) is 0 Å². The number of halogens is 3. The Balaban J connectivity index is 3.33. The number of nitrogens with zero attached hydrogens (tertiary/aromatic N) is 1. The predicted molar refractivity (Wildman–Crippen MR) is 64.6 cm³/mol. The molecule has 7 heteroatoms. The maximum absolute atomic E-state index is 12.9. The number of hydrogen-bond acceptors (Lipinski definition) is 3. The summed E-state index contributed by atoms with van der Waals surface area (Å²) in [5.41, 5.74) is -3.04. The Morgan fingerprint density at radius 3 is 2.37 bits per heavy atom. The molecule has 0 bridgehead atoms. The van der Waals surface area contributed by atoms with E-state index in [2.05, 4.69) is 11.2 Å². The van der Waals surface area contributed by atoms with Gasteiger partial charge in [0.2, 0.25) is 0 Å². The lowest BCUT2D eigenvalue weighted by molar-refractivity contribution is -0.385. The first-order chi connectivity index (χ1) is 8.57. The highest BCUT2D eigenvalue weighted by Crippen LogP contribution is 2.37. The lowest BCUT2D eigenvalue weighted by Crippen LogP contribution is -2.29. The van der Waals surface area contributed by atoms with Gasteiger partial charge in [-0.3, -0.25) is 10.1 Å². The second-order valence-electron chi connectivity index (χ2n) is 4.38. The van der Waals surface area contributed by atoms with Crippen molar-refractivity contribution in [2.24, 2.45) is 0 Å². The molecule has 0 aliphatic heterocycles. The Morgan fingerprint density at radius 1 is 1.37 bits per heavy atom. The normalized spacial score (nSPS) is 11.8. The zero-order valence-corrected chi connectivity index (χ0v) is 10.2. The van der Waals surface area contributed by atoms with Gasteiger partial charge in [0, 0.05) is 17.8 Å². The van der Waals surface area contributed by atoms with E-state index >= 15 is 0 Å². The molecule has 0 saturated heterocycles. The van der Waals surface area contributed by atoms with Gasteiger partial charge in [-0.25, -0.2) is 0 Å². The smallest absolute Gasteiger partial charge is 0.369 e. The van der Waals surface area contributed by atoms with Crippen molar-refractivity contribution >= 4 is 11.4 Å². The molecule has 1 rings (SSSR count). The molecule has 0 fully saturated rings. The highest BCUT2D eigenvalue weighted by atomic mass is 19.4. The minimum Gasteiger partial charge on any atom is -0.369 e. The number of alkyl halides is 3. The molecule has 1 aromatic carbocycles. The number of nitrogens with one attached hydrogen (secondary N) is 1. The number of non-ortho nitro benzene ring substituents is 1. The van der Waals surface area contributed by atoms with Gasteiger partial charge in [0.1, 0.15) is 0 Å². The van der Waals surface area contributed by atoms with E-state index in [1.54, 1.807) is 0 Å². The van der Waals surface area contributed by atoms with Crippen molar-refractivity contribution in [2.45, 2.75) is 25.6 Å². The molecule has 0 atom stereocenters. The van der Waals surface area contributed by atoms with Gasteiger partial charge in [-0.15, -0.1) is 6.42 Å². The summed E-state index contributed by atoms with van der Waals surface area (Å²) < 4.78 is 38.6. The van der Waals surface area contributed by atoms with Crippen molar-refractivity contribution in [1.82, 2.24) is 0 Å². The van der Waals surface area contributed by atoms with Gasteiger partial charge in [0.05, 0.1) is 16.0 Å². The van der Waals surface area contributed by atoms with Crippen LogP contribution in [-0.2, 0) is 6.18 Å². The standard InChI is InChI=1S/C12H11F3N2O2/c1-4-11(2,3)16-10-6-5-8(17(18)19)7-9(10)12(13,14)15/h1,5-7,16H,2-3H3. The third kappa shape index (κ3) is 3.61. The number of nitro groups is 1. The number of anilines is 1. The fraction of sp³-hybridized carbons (Fsp3) is 0.333. The predicted octanol–water partition coefficient (Wildman–Crippen LogP) is 3.44. The molecule has 1 N–H and O–H groups in total. The molecule has 19 heavy (non-hydrogen) atoms. The zero-order chi connectivity index (χ0) is 14.8. The van der Waals surface area contributed by atoms with Crippen LogP contribution in [0.1, 0.15) is 19.4 Å². The Labute approximate surface area is 107 Å². The molecule has 4 nitrogen and oxygen atoms in total. The van der Waals surface area contributed by atoms with Crippen molar-refractivity contribution in [3.63, 3.8) is 0 Å². The molecule has 0 heterocycles. The van der Waals surface area contributed by atoms with Gasteiger partial charge in [-0.1, -0.05) is 5.92 Å². The summed E-state index contributed by atoms with van der Waals surface area (Å²) in [5, 5.41) is 13.0. The molecule has 102 valence electrons. The average Bonchev–Trinajstić information content (AvgIpc) is 2.27. The molecule has 0 saturated carbocycles. The van der Waals surface area contributed by atoms with Crippen LogP contribution in [0.2, 0.25) is 0 Å². The third-order valence-corrected chi connectivity index (χ3v) is 2.33. The highest BCUT2D eigenvalue weighted by molar-refractivity contribution is 5.59. The summed E-state index contributed by atoms with van der Waals surface area (Å²) >= 11 is 0. The number of nitro benzene ring substituents is 1. The molecule has 0 aliphatic rings.